The van der Waals surface area contributed by atoms with Gasteiger partial charge >= 0.3 is 5.97 Å². The number of para-hydroxylation sites is 2. The third-order valence-corrected chi connectivity index (χ3v) is 5.08. The van der Waals surface area contributed by atoms with Crippen LogP contribution in [0.4, 0.5) is 10.7 Å². The second kappa shape index (κ2) is 8.31. The maximum atomic E-state index is 12.5. The zero-order chi connectivity index (χ0) is 21.1. The van der Waals surface area contributed by atoms with Gasteiger partial charge in [0.05, 0.1) is 17.8 Å². The quantitative estimate of drug-likeness (QED) is 0.710. The molecular weight excluding hydrogens is 398 g/mol. The Morgan fingerprint density at radius 3 is 2.69 bits per heavy atom. The Balaban J connectivity index is 1.66. The molecule has 0 spiro atoms. The molecule has 10 heteroatoms. The molecule has 1 aromatic carbocycles. The molecule has 0 radical (unpaired) electrons. The molecule has 0 aliphatic carbocycles. The molecule has 0 unspecified atom stereocenters. The zero-order valence-electron chi connectivity index (χ0n) is 15.7. The van der Waals surface area contributed by atoms with Crippen LogP contribution in [0.25, 0.3) is 0 Å². The van der Waals surface area contributed by atoms with Gasteiger partial charge in [0.15, 0.2) is 6.10 Å². The summed E-state index contributed by atoms with van der Waals surface area (Å²) >= 11 is 1.12. The standard InChI is InChI=1S/C19H19N3O6S/c1-10(17(25)21-18-12(16(20)24)7-8-29-18)27-19(26)15-9-22(11(2)23)13-5-3-4-6-14(13)28-15/h3-8,10,15H,9H2,1-2H3,(H2,20,24)(H,21,25)/t10-,15+/m1/s1. The first-order chi connectivity index (χ1) is 13.8. The van der Waals surface area contributed by atoms with E-state index in [0.717, 1.165) is 11.3 Å². The molecule has 2 aromatic rings. The number of thiophene rings is 1. The monoisotopic (exact) mass is 417 g/mol. The molecule has 1 aliphatic rings. The first-order valence-electron chi connectivity index (χ1n) is 8.70. The van der Waals surface area contributed by atoms with Crippen molar-refractivity contribution in [3.63, 3.8) is 0 Å². The molecular formula is C19H19N3O6S. The highest BCUT2D eigenvalue weighted by molar-refractivity contribution is 7.14. The minimum absolute atomic E-state index is 0.0315. The van der Waals surface area contributed by atoms with Crippen molar-refractivity contribution >= 4 is 45.7 Å². The Morgan fingerprint density at radius 1 is 1.28 bits per heavy atom. The fourth-order valence-electron chi connectivity index (χ4n) is 2.77. The number of benzene rings is 1. The second-order valence-corrected chi connectivity index (χ2v) is 7.22. The van der Waals surface area contributed by atoms with Crippen LogP contribution in [0, 0.1) is 0 Å². The molecule has 0 bridgehead atoms. The first-order valence-corrected chi connectivity index (χ1v) is 9.58. The number of carbonyl (C=O) groups excluding carboxylic acids is 4. The molecule has 152 valence electrons. The van der Waals surface area contributed by atoms with E-state index in [0.29, 0.717) is 11.4 Å². The summed E-state index contributed by atoms with van der Waals surface area (Å²) in [7, 11) is 0. The number of rotatable bonds is 5. The first kappa shape index (κ1) is 20.3. The van der Waals surface area contributed by atoms with Gasteiger partial charge in [-0.25, -0.2) is 4.79 Å². The minimum atomic E-state index is -1.16. The highest BCUT2D eigenvalue weighted by atomic mass is 32.1. The van der Waals surface area contributed by atoms with Crippen LogP contribution >= 0.6 is 11.3 Å². The van der Waals surface area contributed by atoms with E-state index in [1.807, 2.05) is 0 Å². The summed E-state index contributed by atoms with van der Waals surface area (Å²) < 4.78 is 10.9. The van der Waals surface area contributed by atoms with Crippen LogP contribution in [-0.4, -0.2) is 42.4 Å². The van der Waals surface area contributed by atoms with Crippen molar-refractivity contribution < 1.29 is 28.7 Å². The van der Waals surface area contributed by atoms with E-state index >= 15 is 0 Å². The fraction of sp³-hybridized carbons (Fsp3) is 0.263. The number of fused-ring (bicyclic) bond motifs is 1. The zero-order valence-corrected chi connectivity index (χ0v) is 16.5. The number of ether oxygens (including phenoxy) is 2. The maximum absolute atomic E-state index is 12.5. The predicted octanol–water partition coefficient (Wildman–Crippen LogP) is 1.53. The molecule has 3 N–H and O–H groups in total. The van der Waals surface area contributed by atoms with Crippen LogP contribution in [-0.2, 0) is 19.1 Å². The summed E-state index contributed by atoms with van der Waals surface area (Å²) in [4.78, 5) is 49.6. The highest BCUT2D eigenvalue weighted by Gasteiger charge is 2.35. The lowest BCUT2D eigenvalue weighted by Crippen LogP contribution is -2.48. The van der Waals surface area contributed by atoms with Crippen molar-refractivity contribution in [3.05, 3.63) is 41.3 Å². The molecule has 2 heterocycles. The third kappa shape index (κ3) is 4.37. The lowest BCUT2D eigenvalue weighted by atomic mass is 10.2. The number of nitrogens with zero attached hydrogens (tertiary/aromatic N) is 1. The van der Waals surface area contributed by atoms with Gasteiger partial charge in [-0.3, -0.25) is 14.4 Å². The number of nitrogens with one attached hydrogen (secondary N) is 1. The number of anilines is 2. The number of primary amides is 1. The number of esters is 1. The van der Waals surface area contributed by atoms with Crippen molar-refractivity contribution in [1.82, 2.24) is 0 Å². The van der Waals surface area contributed by atoms with Gasteiger partial charge in [0.2, 0.25) is 12.0 Å². The van der Waals surface area contributed by atoms with Gasteiger partial charge in [-0.15, -0.1) is 11.3 Å². The smallest absolute Gasteiger partial charge is 0.350 e. The number of carbonyl (C=O) groups is 4. The number of nitrogens with two attached hydrogens (primary N) is 1. The molecule has 0 saturated carbocycles. The van der Waals surface area contributed by atoms with Gasteiger partial charge in [-0.05, 0) is 30.5 Å². The summed E-state index contributed by atoms with van der Waals surface area (Å²) in [5.41, 5.74) is 5.98. The normalized spacial score (nSPS) is 16.2. The molecule has 3 rings (SSSR count). The van der Waals surface area contributed by atoms with E-state index in [2.05, 4.69) is 5.32 Å². The third-order valence-electron chi connectivity index (χ3n) is 4.25. The molecule has 1 aromatic heterocycles. The Hall–Kier alpha value is -3.40. The fourth-order valence-corrected chi connectivity index (χ4v) is 3.57. The Kier molecular flexibility index (Phi) is 5.83. The summed E-state index contributed by atoms with van der Waals surface area (Å²) in [5.74, 6) is -1.96. The van der Waals surface area contributed by atoms with E-state index in [9.17, 15) is 19.2 Å². The van der Waals surface area contributed by atoms with E-state index in [-0.39, 0.29) is 23.0 Å². The Bertz CT molecular complexity index is 972. The summed E-state index contributed by atoms with van der Waals surface area (Å²) in [6, 6.07) is 8.32. The van der Waals surface area contributed by atoms with Crippen molar-refractivity contribution in [1.29, 1.82) is 0 Å². The van der Waals surface area contributed by atoms with Crippen molar-refractivity contribution in [2.24, 2.45) is 5.73 Å². The van der Waals surface area contributed by atoms with Gasteiger partial charge in [0, 0.05) is 6.92 Å². The molecule has 2 atom stereocenters. The Labute approximate surface area is 170 Å². The average Bonchev–Trinajstić information content (AvgIpc) is 3.15. The van der Waals surface area contributed by atoms with Crippen molar-refractivity contribution in [3.8, 4) is 5.75 Å². The summed E-state index contributed by atoms with van der Waals surface area (Å²) in [5, 5.41) is 4.40. The van der Waals surface area contributed by atoms with E-state index in [1.165, 1.54) is 24.8 Å². The van der Waals surface area contributed by atoms with Gasteiger partial charge in [-0.1, -0.05) is 12.1 Å². The van der Waals surface area contributed by atoms with Crippen LogP contribution in [0.1, 0.15) is 24.2 Å². The van der Waals surface area contributed by atoms with Crippen LogP contribution in [0.5, 0.6) is 5.75 Å². The largest absolute Gasteiger partial charge is 0.475 e. The van der Waals surface area contributed by atoms with Gasteiger partial charge in [0.25, 0.3) is 11.8 Å². The number of hydrogen-bond acceptors (Lipinski definition) is 7. The second-order valence-electron chi connectivity index (χ2n) is 6.30. The van der Waals surface area contributed by atoms with E-state index in [1.54, 1.807) is 29.6 Å². The maximum Gasteiger partial charge on any atom is 0.350 e. The van der Waals surface area contributed by atoms with Crippen LogP contribution in [0.15, 0.2) is 35.7 Å². The molecule has 0 saturated heterocycles. The highest BCUT2D eigenvalue weighted by Crippen LogP contribution is 2.33. The average molecular weight is 417 g/mol. The predicted molar refractivity (Wildman–Crippen MR) is 106 cm³/mol. The van der Waals surface area contributed by atoms with Gasteiger partial charge < -0.3 is 25.4 Å². The van der Waals surface area contributed by atoms with E-state index < -0.39 is 30.0 Å². The summed E-state index contributed by atoms with van der Waals surface area (Å²) in [6.45, 7) is 2.75. The topological polar surface area (TPSA) is 128 Å². The minimum Gasteiger partial charge on any atom is -0.475 e. The SMILES string of the molecule is CC(=O)N1C[C@@H](C(=O)O[C@H](C)C(=O)Nc2sccc2C(N)=O)Oc2ccccc21. The summed E-state index contributed by atoms with van der Waals surface area (Å²) in [6.07, 6.45) is -2.23. The molecule has 1 aliphatic heterocycles. The molecule has 3 amide bonds. The lowest BCUT2D eigenvalue weighted by Gasteiger charge is -2.33. The number of hydrogen-bond donors (Lipinski definition) is 2. The Morgan fingerprint density at radius 2 is 2.00 bits per heavy atom. The lowest BCUT2D eigenvalue weighted by molar-refractivity contribution is -0.160. The van der Waals surface area contributed by atoms with Gasteiger partial charge in [0.1, 0.15) is 10.8 Å². The van der Waals surface area contributed by atoms with Crippen molar-refractivity contribution in [2.75, 3.05) is 16.8 Å². The number of amides is 3. The molecule has 0 fully saturated rings. The van der Waals surface area contributed by atoms with Crippen LogP contribution < -0.4 is 20.7 Å². The van der Waals surface area contributed by atoms with Gasteiger partial charge in [-0.2, -0.15) is 0 Å². The van der Waals surface area contributed by atoms with E-state index in [4.69, 9.17) is 15.2 Å². The van der Waals surface area contributed by atoms with Crippen LogP contribution in [0.3, 0.4) is 0 Å². The van der Waals surface area contributed by atoms with Crippen molar-refractivity contribution in [2.45, 2.75) is 26.1 Å². The molecule has 9 nitrogen and oxygen atoms in total. The van der Waals surface area contributed by atoms with Crippen LogP contribution in [0.2, 0.25) is 0 Å². The molecule has 29 heavy (non-hydrogen) atoms.